The fourth-order valence-corrected chi connectivity index (χ4v) is 7.22. The molecule has 0 amide bonds. The van der Waals surface area contributed by atoms with Crippen molar-refractivity contribution in [2.24, 2.45) is 0 Å². The van der Waals surface area contributed by atoms with Crippen LogP contribution in [0.5, 0.6) is 0 Å². The minimum absolute atomic E-state index is 0.111. The molecule has 9 rings (SSSR count). The normalized spacial score (nSPS) is 12.9. The highest BCUT2D eigenvalue weighted by molar-refractivity contribution is 6.03. The molecule has 0 unspecified atom stereocenters. The molecule has 2 heterocycles. The molecule has 2 aromatic heterocycles. The van der Waals surface area contributed by atoms with Gasteiger partial charge < -0.3 is 0 Å². The fourth-order valence-electron chi connectivity index (χ4n) is 7.22. The summed E-state index contributed by atoms with van der Waals surface area (Å²) < 4.78 is 0. The fraction of sp³-hybridized carbons (Fsp3) is 0.0667. The molecular weight excluding hydrogens is 597 g/mol. The van der Waals surface area contributed by atoms with E-state index in [4.69, 9.17) is 15.0 Å². The molecule has 0 spiro atoms. The summed E-state index contributed by atoms with van der Waals surface area (Å²) in [5.41, 5.74) is 12.5. The summed E-state index contributed by atoms with van der Waals surface area (Å²) >= 11 is 0. The number of hydrogen-bond acceptors (Lipinski definition) is 4. The maximum atomic E-state index is 5.12. The Morgan fingerprint density at radius 1 is 0.408 bits per heavy atom. The monoisotopic (exact) mass is 628 g/mol. The smallest absolute Gasteiger partial charge is 0.164 e. The summed E-state index contributed by atoms with van der Waals surface area (Å²) in [7, 11) is 0. The van der Waals surface area contributed by atoms with Crippen molar-refractivity contribution in [3.05, 3.63) is 169 Å². The van der Waals surface area contributed by atoms with Crippen LogP contribution in [0.3, 0.4) is 0 Å². The van der Waals surface area contributed by atoms with Crippen molar-refractivity contribution in [1.82, 2.24) is 19.9 Å². The number of rotatable bonds is 5. The first-order valence-corrected chi connectivity index (χ1v) is 16.6. The highest BCUT2D eigenvalue weighted by Crippen LogP contribution is 2.52. The minimum Gasteiger partial charge on any atom is -0.265 e. The summed E-state index contributed by atoms with van der Waals surface area (Å²) in [5.74, 6) is 1.93. The van der Waals surface area contributed by atoms with Crippen molar-refractivity contribution in [3.8, 4) is 67.5 Å². The molecule has 0 fully saturated rings. The second-order valence-corrected chi connectivity index (χ2v) is 13.2. The maximum absolute atomic E-state index is 5.12. The van der Waals surface area contributed by atoms with Crippen LogP contribution in [-0.2, 0) is 5.41 Å². The van der Waals surface area contributed by atoms with Crippen LogP contribution in [0, 0.1) is 0 Å². The molecule has 8 aromatic rings. The van der Waals surface area contributed by atoms with Gasteiger partial charge in [-0.25, -0.2) is 15.0 Å². The Bertz CT molecular complexity index is 2380. The Hall–Kier alpha value is -6.26. The Balaban J connectivity index is 1.19. The largest absolute Gasteiger partial charge is 0.265 e. The third-order valence-corrected chi connectivity index (χ3v) is 9.87. The zero-order chi connectivity index (χ0) is 33.0. The van der Waals surface area contributed by atoms with Crippen molar-refractivity contribution in [2.75, 3.05) is 0 Å². The standard InChI is InChI=1S/C45H32N4/c1-45(2)39-22-21-36(28-38(39)41-37-11-7-6-10-33(37)20-23-40(41)45)44-48-42(34-16-12-30(13-17-34)29-8-4-3-5-9-29)47-43(49-44)35-18-14-31(15-19-35)32-24-26-46-27-25-32/h3-28H,1-2H3. The molecule has 0 bridgehead atoms. The first kappa shape index (κ1) is 28.9. The Morgan fingerprint density at radius 2 is 0.898 bits per heavy atom. The molecule has 0 radical (unpaired) electrons. The molecule has 0 aliphatic heterocycles. The number of aromatic nitrogens is 4. The first-order chi connectivity index (χ1) is 24.0. The van der Waals surface area contributed by atoms with Crippen LogP contribution in [0.2, 0.25) is 0 Å². The van der Waals surface area contributed by atoms with E-state index in [1.807, 2.05) is 30.6 Å². The Labute approximate surface area is 285 Å². The van der Waals surface area contributed by atoms with Crippen molar-refractivity contribution < 1.29 is 0 Å². The van der Waals surface area contributed by atoms with Gasteiger partial charge in [0.25, 0.3) is 0 Å². The van der Waals surface area contributed by atoms with Gasteiger partial charge in [-0.2, -0.15) is 0 Å². The molecule has 4 heteroatoms. The number of fused-ring (bicyclic) bond motifs is 5. The topological polar surface area (TPSA) is 51.6 Å². The van der Waals surface area contributed by atoms with Crippen LogP contribution in [0.1, 0.15) is 25.0 Å². The minimum atomic E-state index is -0.111. The lowest BCUT2D eigenvalue weighted by Gasteiger charge is -2.21. The van der Waals surface area contributed by atoms with Crippen molar-refractivity contribution in [3.63, 3.8) is 0 Å². The highest BCUT2D eigenvalue weighted by Gasteiger charge is 2.36. The van der Waals surface area contributed by atoms with Crippen molar-refractivity contribution >= 4 is 10.8 Å². The SMILES string of the molecule is CC1(C)c2ccc(-c3nc(-c4ccc(-c5ccccc5)cc4)nc(-c4ccc(-c5ccncc5)cc4)n3)cc2-c2c1ccc1ccccc21. The van der Waals surface area contributed by atoms with E-state index in [-0.39, 0.29) is 5.41 Å². The summed E-state index contributed by atoms with van der Waals surface area (Å²) in [6.07, 6.45) is 3.63. The van der Waals surface area contributed by atoms with E-state index in [0.717, 1.165) is 33.4 Å². The third kappa shape index (κ3) is 5.01. The van der Waals surface area contributed by atoms with Gasteiger partial charge in [0.2, 0.25) is 0 Å². The molecule has 0 saturated carbocycles. The van der Waals surface area contributed by atoms with Gasteiger partial charge >= 0.3 is 0 Å². The first-order valence-electron chi connectivity index (χ1n) is 16.6. The average Bonchev–Trinajstić information content (AvgIpc) is 3.41. The molecule has 6 aromatic carbocycles. The molecule has 0 atom stereocenters. The van der Waals surface area contributed by atoms with Crippen LogP contribution in [-0.4, -0.2) is 19.9 Å². The predicted octanol–water partition coefficient (Wildman–Crippen LogP) is 11.1. The number of hydrogen-bond donors (Lipinski definition) is 0. The van der Waals surface area contributed by atoms with Crippen LogP contribution < -0.4 is 0 Å². The third-order valence-electron chi connectivity index (χ3n) is 9.87. The molecular formula is C45H32N4. The predicted molar refractivity (Wildman–Crippen MR) is 200 cm³/mol. The second kappa shape index (κ2) is 11.5. The molecule has 0 saturated heterocycles. The Morgan fingerprint density at radius 3 is 1.55 bits per heavy atom. The quantitative estimate of drug-likeness (QED) is 0.190. The number of benzene rings is 6. The van der Waals surface area contributed by atoms with E-state index in [0.29, 0.717) is 17.5 Å². The van der Waals surface area contributed by atoms with E-state index >= 15 is 0 Å². The summed E-state index contributed by atoms with van der Waals surface area (Å²) in [6.45, 7) is 4.64. The highest BCUT2D eigenvalue weighted by atomic mass is 15.0. The van der Waals surface area contributed by atoms with Crippen molar-refractivity contribution in [1.29, 1.82) is 0 Å². The zero-order valence-corrected chi connectivity index (χ0v) is 27.3. The molecule has 232 valence electrons. The van der Waals surface area contributed by atoms with Gasteiger partial charge in [0.1, 0.15) is 0 Å². The maximum Gasteiger partial charge on any atom is 0.164 e. The molecule has 49 heavy (non-hydrogen) atoms. The average molecular weight is 629 g/mol. The van der Waals surface area contributed by atoms with Gasteiger partial charge in [-0.05, 0) is 73.5 Å². The second-order valence-electron chi connectivity index (χ2n) is 13.2. The van der Waals surface area contributed by atoms with Gasteiger partial charge in [0, 0.05) is 34.5 Å². The van der Waals surface area contributed by atoms with Crippen LogP contribution in [0.4, 0.5) is 0 Å². The van der Waals surface area contributed by atoms with Gasteiger partial charge in [-0.15, -0.1) is 0 Å². The number of nitrogens with zero attached hydrogens (tertiary/aromatic N) is 4. The van der Waals surface area contributed by atoms with Gasteiger partial charge in [-0.1, -0.05) is 141 Å². The van der Waals surface area contributed by atoms with E-state index in [1.165, 1.54) is 38.6 Å². The van der Waals surface area contributed by atoms with E-state index in [1.54, 1.807) is 0 Å². The van der Waals surface area contributed by atoms with E-state index in [2.05, 4.69) is 146 Å². The van der Waals surface area contributed by atoms with Gasteiger partial charge in [0.05, 0.1) is 0 Å². The summed E-state index contributed by atoms with van der Waals surface area (Å²) in [6, 6.07) is 51.3. The Kier molecular flexibility index (Phi) is 6.77. The zero-order valence-electron chi connectivity index (χ0n) is 27.3. The number of pyridine rings is 1. The van der Waals surface area contributed by atoms with E-state index in [9.17, 15) is 0 Å². The van der Waals surface area contributed by atoms with Gasteiger partial charge in [0.15, 0.2) is 17.5 Å². The molecule has 1 aliphatic rings. The van der Waals surface area contributed by atoms with Gasteiger partial charge in [-0.3, -0.25) is 4.98 Å². The summed E-state index contributed by atoms with van der Waals surface area (Å²) in [5, 5.41) is 2.52. The molecule has 1 aliphatic carbocycles. The lowest BCUT2D eigenvalue weighted by Crippen LogP contribution is -2.14. The lowest BCUT2D eigenvalue weighted by molar-refractivity contribution is 0.661. The molecule has 4 nitrogen and oxygen atoms in total. The van der Waals surface area contributed by atoms with E-state index < -0.39 is 0 Å². The van der Waals surface area contributed by atoms with Crippen LogP contribution in [0.15, 0.2) is 158 Å². The van der Waals surface area contributed by atoms with Crippen molar-refractivity contribution in [2.45, 2.75) is 19.3 Å². The summed E-state index contributed by atoms with van der Waals surface area (Å²) in [4.78, 5) is 19.4. The van der Waals surface area contributed by atoms with Crippen LogP contribution in [0.25, 0.3) is 78.3 Å². The van der Waals surface area contributed by atoms with Crippen LogP contribution >= 0.6 is 0 Å². The lowest BCUT2D eigenvalue weighted by atomic mass is 9.82. The molecule has 0 N–H and O–H groups in total.